The fourth-order valence-electron chi connectivity index (χ4n) is 3.01. The van der Waals surface area contributed by atoms with Gasteiger partial charge in [0.1, 0.15) is 11.4 Å². The van der Waals surface area contributed by atoms with Crippen LogP contribution < -0.4 is 10.0 Å². The Hall–Kier alpha value is -1.66. The molecule has 0 radical (unpaired) electrons. The van der Waals surface area contributed by atoms with Gasteiger partial charge in [-0.25, -0.2) is 0 Å². The van der Waals surface area contributed by atoms with Gasteiger partial charge in [-0.1, -0.05) is 12.1 Å². The van der Waals surface area contributed by atoms with E-state index in [1.807, 2.05) is 52.8 Å². The number of carbonyl (C=O) groups is 1. The average Bonchev–Trinajstić information content (AvgIpc) is 2.46. The number of benzene rings is 2. The third-order valence-corrected chi connectivity index (χ3v) is 5.76. The number of hydrogen-bond donors (Lipinski definition) is 0. The molecule has 0 N–H and O–H groups in total. The molecule has 2 aromatic carbocycles. The number of aryl methyl sites for hydroxylation is 3. The molecule has 0 aromatic heterocycles. The highest BCUT2D eigenvalue weighted by molar-refractivity contribution is 7.66. The maximum absolute atomic E-state index is 13.0. The Labute approximate surface area is 153 Å². The largest absolute Gasteiger partial charge is 0.488 e. The van der Waals surface area contributed by atoms with E-state index in [9.17, 15) is 4.79 Å². The molecule has 0 bridgehead atoms. The van der Waals surface area contributed by atoms with Crippen molar-refractivity contribution < 1.29 is 9.53 Å². The van der Waals surface area contributed by atoms with E-state index >= 15 is 0 Å². The van der Waals surface area contributed by atoms with Crippen molar-refractivity contribution in [2.24, 2.45) is 0 Å². The molecule has 0 spiro atoms. The van der Waals surface area contributed by atoms with Crippen LogP contribution >= 0.6 is 8.58 Å². The first kappa shape index (κ1) is 19.7. The molecule has 0 saturated carbocycles. The zero-order chi connectivity index (χ0) is 18.9. The molecule has 2 aromatic rings. The summed E-state index contributed by atoms with van der Waals surface area (Å²) in [4.78, 5) is 13.0. The zero-order valence-electron chi connectivity index (χ0n) is 16.6. The monoisotopic (exact) mass is 356 g/mol. The second kappa shape index (κ2) is 7.30. The minimum absolute atomic E-state index is 0.130. The summed E-state index contributed by atoms with van der Waals surface area (Å²) >= 11 is 0. The molecule has 0 amide bonds. The van der Waals surface area contributed by atoms with Crippen LogP contribution in [0.4, 0.5) is 0 Å². The van der Waals surface area contributed by atoms with Gasteiger partial charge in [-0.3, -0.25) is 4.79 Å². The molecule has 0 saturated heterocycles. The molecular formula is C22H29O2P. The van der Waals surface area contributed by atoms with Crippen molar-refractivity contribution in [3.05, 3.63) is 57.6 Å². The number of carbonyl (C=O) groups excluding carboxylic acids is 1. The van der Waals surface area contributed by atoms with E-state index in [0.717, 1.165) is 33.3 Å². The fraction of sp³-hybridized carbons (Fsp3) is 0.409. The first-order valence-corrected chi connectivity index (χ1v) is 9.68. The minimum Gasteiger partial charge on any atom is -0.488 e. The van der Waals surface area contributed by atoms with E-state index < -0.39 is 0 Å². The van der Waals surface area contributed by atoms with E-state index in [0.29, 0.717) is 0 Å². The summed E-state index contributed by atoms with van der Waals surface area (Å²) in [6, 6.07) is 8.14. The van der Waals surface area contributed by atoms with Crippen LogP contribution in [0.5, 0.6) is 5.75 Å². The van der Waals surface area contributed by atoms with Gasteiger partial charge in [0, 0.05) is 5.56 Å². The fourth-order valence-corrected chi connectivity index (χ4v) is 4.20. The third kappa shape index (κ3) is 4.70. The summed E-state index contributed by atoms with van der Waals surface area (Å²) in [5.41, 5.74) is 6.62. The van der Waals surface area contributed by atoms with E-state index in [2.05, 4.69) is 26.8 Å². The van der Waals surface area contributed by atoms with Gasteiger partial charge in [0.05, 0.1) is 0 Å². The molecule has 2 rings (SSSR count). The van der Waals surface area contributed by atoms with Crippen molar-refractivity contribution in [3.63, 3.8) is 0 Å². The van der Waals surface area contributed by atoms with E-state index in [4.69, 9.17) is 4.74 Å². The van der Waals surface area contributed by atoms with Crippen molar-refractivity contribution in [1.29, 1.82) is 0 Å². The Morgan fingerprint density at radius 2 is 1.52 bits per heavy atom. The number of ether oxygens (including phenoxy) is 1. The molecule has 0 aliphatic carbocycles. The second-order valence-corrected chi connectivity index (χ2v) is 9.02. The van der Waals surface area contributed by atoms with Crippen LogP contribution in [0.1, 0.15) is 58.9 Å². The Morgan fingerprint density at radius 3 is 2.08 bits per heavy atom. The summed E-state index contributed by atoms with van der Waals surface area (Å²) in [5, 5.41) is 1.09. The highest BCUT2D eigenvalue weighted by atomic mass is 31.1. The second-order valence-electron chi connectivity index (χ2n) is 7.78. The zero-order valence-corrected chi connectivity index (χ0v) is 17.6. The van der Waals surface area contributed by atoms with Gasteiger partial charge in [-0.15, -0.1) is 0 Å². The van der Waals surface area contributed by atoms with E-state index in [-0.39, 0.29) is 19.7 Å². The molecule has 2 nitrogen and oxygen atoms in total. The standard InChI is InChI=1S/C22H29O2P/c1-13-11-15(3)20(17(5)16(13)4)21(23)25-19-10-9-18(12-14(19)2)24-22(6,7)8/h9-12,25H,1-8H3. The predicted molar refractivity (Wildman–Crippen MR) is 109 cm³/mol. The first-order chi connectivity index (χ1) is 11.5. The lowest BCUT2D eigenvalue weighted by Crippen LogP contribution is -2.23. The van der Waals surface area contributed by atoms with Crippen LogP contribution in [-0.2, 0) is 0 Å². The first-order valence-electron chi connectivity index (χ1n) is 8.68. The SMILES string of the molecule is Cc1cc(OC(C)(C)C)ccc1PC(=O)c1c(C)cc(C)c(C)c1C. The van der Waals surface area contributed by atoms with Crippen molar-refractivity contribution in [2.75, 3.05) is 0 Å². The summed E-state index contributed by atoms with van der Waals surface area (Å²) in [7, 11) is 0.130. The Kier molecular flexibility index (Phi) is 5.74. The van der Waals surface area contributed by atoms with Gasteiger partial charge in [0.15, 0.2) is 5.52 Å². The van der Waals surface area contributed by atoms with Crippen LogP contribution in [0.3, 0.4) is 0 Å². The van der Waals surface area contributed by atoms with Gasteiger partial charge in [-0.2, -0.15) is 0 Å². The highest BCUT2D eigenvalue weighted by Crippen LogP contribution is 2.29. The van der Waals surface area contributed by atoms with Gasteiger partial charge in [0.2, 0.25) is 0 Å². The number of hydrogen-bond acceptors (Lipinski definition) is 2. The molecule has 1 atom stereocenters. The molecular weight excluding hydrogens is 327 g/mol. The number of rotatable bonds is 4. The molecule has 3 heteroatoms. The van der Waals surface area contributed by atoms with E-state index in [1.165, 1.54) is 11.1 Å². The van der Waals surface area contributed by atoms with Gasteiger partial charge in [-0.05, 0) is 109 Å². The topological polar surface area (TPSA) is 26.3 Å². The summed E-state index contributed by atoms with van der Waals surface area (Å²) < 4.78 is 5.91. The quantitative estimate of drug-likeness (QED) is 0.671. The molecule has 0 aliphatic heterocycles. The summed E-state index contributed by atoms with van der Waals surface area (Å²) in [6.45, 7) is 16.4. The Balaban J connectivity index is 2.29. The molecule has 0 aliphatic rings. The van der Waals surface area contributed by atoms with Gasteiger partial charge >= 0.3 is 0 Å². The normalized spacial score (nSPS) is 12.0. The Bertz CT molecular complexity index is 814. The lowest BCUT2D eigenvalue weighted by molar-refractivity contribution is 0.108. The van der Waals surface area contributed by atoms with Crippen molar-refractivity contribution >= 4 is 19.4 Å². The predicted octanol–water partition coefficient (Wildman–Crippen LogP) is 5.55. The van der Waals surface area contributed by atoms with Gasteiger partial charge < -0.3 is 4.74 Å². The summed E-state index contributed by atoms with van der Waals surface area (Å²) in [6.07, 6.45) is 0. The van der Waals surface area contributed by atoms with Crippen molar-refractivity contribution in [1.82, 2.24) is 0 Å². The molecule has 134 valence electrons. The van der Waals surface area contributed by atoms with Gasteiger partial charge in [0.25, 0.3) is 0 Å². The summed E-state index contributed by atoms with van der Waals surface area (Å²) in [5.74, 6) is 0.851. The lowest BCUT2D eigenvalue weighted by atomic mass is 9.95. The lowest BCUT2D eigenvalue weighted by Gasteiger charge is -2.22. The van der Waals surface area contributed by atoms with Crippen molar-refractivity contribution in [2.45, 2.75) is 61.0 Å². The van der Waals surface area contributed by atoms with Crippen LogP contribution in [0.15, 0.2) is 24.3 Å². The van der Waals surface area contributed by atoms with E-state index in [1.54, 1.807) is 0 Å². The molecule has 0 fully saturated rings. The van der Waals surface area contributed by atoms with Crippen LogP contribution in [0, 0.1) is 34.6 Å². The van der Waals surface area contributed by atoms with Crippen LogP contribution in [0.2, 0.25) is 0 Å². The minimum atomic E-state index is -0.223. The maximum atomic E-state index is 13.0. The van der Waals surface area contributed by atoms with Crippen LogP contribution in [-0.4, -0.2) is 11.1 Å². The maximum Gasteiger partial charge on any atom is 0.186 e. The third-order valence-electron chi connectivity index (χ3n) is 4.45. The molecule has 1 unspecified atom stereocenters. The average molecular weight is 356 g/mol. The highest BCUT2D eigenvalue weighted by Gasteiger charge is 2.17. The Morgan fingerprint density at radius 1 is 0.880 bits per heavy atom. The molecule has 0 heterocycles. The smallest absolute Gasteiger partial charge is 0.186 e. The van der Waals surface area contributed by atoms with Crippen LogP contribution in [0.25, 0.3) is 0 Å². The van der Waals surface area contributed by atoms with Crippen molar-refractivity contribution in [3.8, 4) is 5.75 Å². The molecule has 25 heavy (non-hydrogen) atoms.